The molecule has 1 unspecified atom stereocenters. The van der Waals surface area contributed by atoms with Gasteiger partial charge in [0.05, 0.1) is 25.5 Å². The number of nitrogens with one attached hydrogen (secondary N) is 1. The van der Waals surface area contributed by atoms with Crippen LogP contribution in [0.25, 0.3) is 11.1 Å². The number of amides is 2. The van der Waals surface area contributed by atoms with Gasteiger partial charge in [0.15, 0.2) is 9.92 Å². The number of ether oxygens (including phenoxy) is 2. The second-order valence-corrected chi connectivity index (χ2v) is 8.95. The average Bonchev–Trinajstić information content (AvgIpc) is 3.32. The number of fused-ring (bicyclic) bond motifs is 2. The molecule has 1 aromatic carbocycles. The van der Waals surface area contributed by atoms with Crippen molar-refractivity contribution in [3.8, 4) is 22.9 Å². The highest BCUT2D eigenvalue weighted by Gasteiger charge is 2.26. The third-order valence-electron chi connectivity index (χ3n) is 5.38. The summed E-state index contributed by atoms with van der Waals surface area (Å²) in [6, 6.07) is 6.78. The van der Waals surface area contributed by atoms with E-state index in [2.05, 4.69) is 19.8 Å². The van der Waals surface area contributed by atoms with Crippen molar-refractivity contribution in [1.29, 1.82) is 0 Å². The van der Waals surface area contributed by atoms with Crippen LogP contribution in [0.1, 0.15) is 11.1 Å². The highest BCUT2D eigenvalue weighted by molar-refractivity contribution is 7.91. The normalized spacial score (nSPS) is 15.7. The third-order valence-corrected chi connectivity index (χ3v) is 6.72. The van der Waals surface area contributed by atoms with E-state index < -0.39 is 15.9 Å². The average molecular weight is 440 g/mol. The number of aromatic nitrogens is 3. The molecule has 1 atom stereocenters. The van der Waals surface area contributed by atoms with Gasteiger partial charge in [-0.2, -0.15) is 5.10 Å². The topological polar surface area (TPSA) is 134 Å². The van der Waals surface area contributed by atoms with Gasteiger partial charge in [-0.15, -0.1) is 4.36 Å². The first-order valence-electron chi connectivity index (χ1n) is 9.66. The molecule has 0 bridgehead atoms. The zero-order valence-electron chi connectivity index (χ0n) is 16.7. The van der Waals surface area contributed by atoms with E-state index >= 15 is 0 Å². The van der Waals surface area contributed by atoms with Crippen LogP contribution in [0.4, 0.5) is 10.5 Å². The zero-order chi connectivity index (χ0) is 21.6. The molecule has 0 radical (unpaired) electrons. The Balaban J connectivity index is 1.51. The molecule has 3 aromatic rings. The van der Waals surface area contributed by atoms with Crippen molar-refractivity contribution in [1.82, 2.24) is 14.8 Å². The largest absolute Gasteiger partial charge is 0.481 e. The number of anilines is 1. The van der Waals surface area contributed by atoms with Crippen molar-refractivity contribution in [2.45, 2.75) is 24.3 Å². The monoisotopic (exact) mass is 440 g/mol. The number of hydrogen-bond donors (Lipinski definition) is 2. The van der Waals surface area contributed by atoms with Gasteiger partial charge in [-0.05, 0) is 35.6 Å². The van der Waals surface area contributed by atoms with E-state index in [0.717, 1.165) is 35.1 Å². The summed E-state index contributed by atoms with van der Waals surface area (Å²) >= 11 is 0. The van der Waals surface area contributed by atoms with Crippen LogP contribution in [0.3, 0.4) is 0 Å². The van der Waals surface area contributed by atoms with Crippen molar-refractivity contribution in [3.05, 3.63) is 47.8 Å². The van der Waals surface area contributed by atoms with E-state index in [0.29, 0.717) is 24.7 Å². The predicted molar refractivity (Wildman–Crippen MR) is 113 cm³/mol. The van der Waals surface area contributed by atoms with Crippen molar-refractivity contribution >= 4 is 21.6 Å². The molecule has 0 saturated carbocycles. The van der Waals surface area contributed by atoms with Crippen molar-refractivity contribution in [2.24, 2.45) is 9.50 Å². The lowest BCUT2D eigenvalue weighted by atomic mass is 9.84. The molecule has 2 aliphatic rings. The summed E-state index contributed by atoms with van der Waals surface area (Å²) in [6.07, 6.45) is 4.72. The van der Waals surface area contributed by atoms with Gasteiger partial charge >= 0.3 is 6.03 Å². The molecule has 0 fully saturated rings. The van der Waals surface area contributed by atoms with Gasteiger partial charge in [0.1, 0.15) is 11.5 Å². The van der Waals surface area contributed by atoms with Crippen LogP contribution in [0.15, 0.2) is 45.9 Å². The maximum Gasteiger partial charge on any atom is 0.354 e. The highest BCUT2D eigenvalue weighted by atomic mass is 32.2. The van der Waals surface area contributed by atoms with E-state index in [9.17, 15) is 9.00 Å². The Morgan fingerprint density at radius 1 is 1.35 bits per heavy atom. The number of nitrogens with zero attached hydrogens (tertiary/aromatic N) is 4. The molecular weight excluding hydrogens is 420 g/mol. The predicted octanol–water partition coefficient (Wildman–Crippen LogP) is 2.38. The van der Waals surface area contributed by atoms with Gasteiger partial charge in [-0.3, -0.25) is 0 Å². The lowest BCUT2D eigenvalue weighted by molar-refractivity contribution is 0.260. The summed E-state index contributed by atoms with van der Waals surface area (Å²) in [5.41, 5.74) is 4.41. The van der Waals surface area contributed by atoms with Gasteiger partial charge in [-0.25, -0.2) is 23.8 Å². The van der Waals surface area contributed by atoms with Gasteiger partial charge in [0.25, 0.3) is 0 Å². The summed E-state index contributed by atoms with van der Waals surface area (Å²) in [5.74, 6) is 0.750. The number of pyridine rings is 1. The van der Waals surface area contributed by atoms with E-state index in [1.165, 1.54) is 6.20 Å². The zero-order valence-corrected chi connectivity index (χ0v) is 17.5. The summed E-state index contributed by atoms with van der Waals surface area (Å²) in [6.45, 7) is 0.943. The number of carbonyl (C=O) groups excluding carboxylic acids is 1. The van der Waals surface area contributed by atoms with E-state index in [1.807, 2.05) is 18.2 Å². The van der Waals surface area contributed by atoms with Crippen molar-refractivity contribution in [2.75, 3.05) is 19.0 Å². The molecule has 31 heavy (non-hydrogen) atoms. The molecule has 1 aliphatic carbocycles. The molecule has 0 saturated heterocycles. The molecule has 160 valence electrons. The van der Waals surface area contributed by atoms with Crippen LogP contribution < -0.4 is 19.9 Å². The number of urea groups is 1. The Hall–Kier alpha value is -3.44. The minimum Gasteiger partial charge on any atom is -0.481 e. The van der Waals surface area contributed by atoms with Crippen LogP contribution in [-0.2, 0) is 29.3 Å². The molecule has 10 nitrogen and oxygen atoms in total. The molecular formula is C20H20N6O4S. The second-order valence-electron chi connectivity index (χ2n) is 7.19. The molecule has 3 N–H and O–H groups in total. The van der Waals surface area contributed by atoms with E-state index in [-0.39, 0.29) is 10.8 Å². The molecule has 11 heteroatoms. The Morgan fingerprint density at radius 3 is 3.00 bits per heavy atom. The van der Waals surface area contributed by atoms with Crippen molar-refractivity contribution < 1.29 is 18.5 Å². The summed E-state index contributed by atoms with van der Waals surface area (Å²) in [4.78, 5) is 17.0. The maximum absolute atomic E-state index is 13.0. The van der Waals surface area contributed by atoms with E-state index in [1.54, 1.807) is 24.1 Å². The van der Waals surface area contributed by atoms with Crippen molar-refractivity contribution in [3.63, 3.8) is 0 Å². The number of aryl methyl sites for hydroxylation is 1. The first-order valence-corrected chi connectivity index (χ1v) is 11.2. The molecule has 2 amide bonds. The molecule has 2 aromatic heterocycles. The fourth-order valence-corrected chi connectivity index (χ4v) is 4.76. The van der Waals surface area contributed by atoms with Gasteiger partial charge in [0, 0.05) is 17.8 Å². The van der Waals surface area contributed by atoms with Crippen LogP contribution >= 0.6 is 0 Å². The Bertz CT molecular complexity index is 1330. The molecule has 0 spiro atoms. The molecule has 3 heterocycles. The van der Waals surface area contributed by atoms with Gasteiger partial charge < -0.3 is 14.8 Å². The minimum absolute atomic E-state index is 0.111. The summed E-state index contributed by atoms with van der Waals surface area (Å²) < 4.78 is 29.0. The second kappa shape index (κ2) is 7.36. The number of methoxy groups -OCH3 is 1. The molecule has 5 rings (SSSR count). The van der Waals surface area contributed by atoms with Gasteiger partial charge in [-0.1, -0.05) is 12.1 Å². The number of hydrogen-bond acceptors (Lipinski definition) is 6. The quantitative estimate of drug-likeness (QED) is 0.640. The van der Waals surface area contributed by atoms with E-state index in [4.69, 9.17) is 14.6 Å². The first kappa shape index (κ1) is 19.5. The summed E-state index contributed by atoms with van der Waals surface area (Å²) in [5, 5.41) is 12.8. The smallest absolute Gasteiger partial charge is 0.354 e. The summed E-state index contributed by atoms with van der Waals surface area (Å²) in [7, 11) is -1.99. The fourth-order valence-electron chi connectivity index (χ4n) is 3.76. The highest BCUT2D eigenvalue weighted by Crippen LogP contribution is 2.39. The molecule has 1 aliphatic heterocycles. The standard InChI is InChI=1S/C20H20N6O4S/c1-29-17-10-13(6-7-22-17)15-5-3-12-2-4-14(12)18(15)24-20(27)25-31(21,28)16-11-23-26-8-9-30-19(16)26/h3,5-7,10-11H,2,4,8-9H2,1H3,(H3,21,24,25,27,28). The van der Waals surface area contributed by atoms with Crippen LogP contribution in [0.5, 0.6) is 11.8 Å². The number of carbonyl (C=O) groups is 1. The first-order chi connectivity index (χ1) is 15.0. The Morgan fingerprint density at radius 2 is 2.23 bits per heavy atom. The lowest BCUT2D eigenvalue weighted by Crippen LogP contribution is -2.20. The maximum atomic E-state index is 13.0. The third kappa shape index (κ3) is 3.41. The Kier molecular flexibility index (Phi) is 4.63. The van der Waals surface area contributed by atoms with Gasteiger partial charge in [0.2, 0.25) is 11.8 Å². The fraction of sp³-hybridized carbons (Fsp3) is 0.250. The van der Waals surface area contributed by atoms with Crippen LogP contribution in [0, 0.1) is 0 Å². The number of benzene rings is 1. The SMILES string of the molecule is COc1cc(-c2ccc3c(c2NC(=O)N=S(N)(=O)c2cnn4c2OCC4)CC3)ccn1. The number of rotatable bonds is 4. The van der Waals surface area contributed by atoms with Crippen LogP contribution in [-0.4, -0.2) is 38.7 Å². The van der Waals surface area contributed by atoms with Crippen LogP contribution in [0.2, 0.25) is 0 Å². The minimum atomic E-state index is -3.53. The Labute approximate surface area is 178 Å². The number of nitrogens with two attached hydrogens (primary N) is 1. The lowest BCUT2D eigenvalue weighted by Gasteiger charge is -2.25.